The average Bonchev–Trinajstić information content (AvgIpc) is 2.51. The van der Waals surface area contributed by atoms with Crippen LogP contribution in [0.1, 0.15) is 50.2 Å². The van der Waals surface area contributed by atoms with Crippen LogP contribution in [0.2, 0.25) is 0 Å². The molecular weight excluding hydrogens is 305 g/mol. The van der Waals surface area contributed by atoms with Gasteiger partial charge in [0.2, 0.25) is 11.9 Å². The Hall–Kier alpha value is -2.24. The summed E-state index contributed by atoms with van der Waals surface area (Å²) >= 11 is 0. The minimum absolute atomic E-state index is 0.0578. The number of anilines is 2. The van der Waals surface area contributed by atoms with Gasteiger partial charge in [-0.15, -0.1) is 0 Å². The van der Waals surface area contributed by atoms with Crippen LogP contribution in [0.5, 0.6) is 0 Å². The molecule has 0 aliphatic heterocycles. The maximum atomic E-state index is 13.5. The molecule has 1 aliphatic carbocycles. The van der Waals surface area contributed by atoms with Crippen molar-refractivity contribution in [3.8, 4) is 0 Å². The van der Waals surface area contributed by atoms with Crippen molar-refractivity contribution in [1.29, 1.82) is 0 Å². The average molecular weight is 329 g/mol. The van der Waals surface area contributed by atoms with E-state index in [2.05, 4.69) is 44.5 Å². The van der Waals surface area contributed by atoms with Gasteiger partial charge in [0.05, 0.1) is 0 Å². The smallest absolute Gasteiger partial charge is 0.228 e. The number of aromatic nitrogens is 3. The minimum Gasteiger partial charge on any atom is -0.368 e. The van der Waals surface area contributed by atoms with Gasteiger partial charge in [-0.2, -0.15) is 15.0 Å². The summed E-state index contributed by atoms with van der Waals surface area (Å²) in [7, 11) is 0. The second-order valence-corrected chi connectivity index (χ2v) is 6.46. The van der Waals surface area contributed by atoms with Gasteiger partial charge in [-0.1, -0.05) is 36.8 Å². The highest BCUT2D eigenvalue weighted by Gasteiger charge is 2.28. The van der Waals surface area contributed by atoms with E-state index in [-0.39, 0.29) is 17.8 Å². The van der Waals surface area contributed by atoms with Crippen molar-refractivity contribution in [3.63, 3.8) is 0 Å². The first-order chi connectivity index (χ1) is 11.6. The summed E-state index contributed by atoms with van der Waals surface area (Å²) in [5.74, 6) is 1.13. The fraction of sp³-hybridized carbons (Fsp3) is 0.500. The number of hydrogen-bond donors (Lipinski definition) is 2. The van der Waals surface area contributed by atoms with Crippen LogP contribution < -0.4 is 11.1 Å². The number of hydrogen-bond acceptors (Lipinski definition) is 5. The Morgan fingerprint density at radius 2 is 1.96 bits per heavy atom. The number of rotatable bonds is 7. The summed E-state index contributed by atoms with van der Waals surface area (Å²) in [5.41, 5.74) is 7.01. The zero-order valence-corrected chi connectivity index (χ0v) is 14.0. The van der Waals surface area contributed by atoms with E-state index in [9.17, 15) is 4.39 Å². The fourth-order valence-electron chi connectivity index (χ4n) is 3.05. The van der Waals surface area contributed by atoms with Crippen molar-refractivity contribution in [2.75, 3.05) is 11.1 Å². The van der Waals surface area contributed by atoms with Gasteiger partial charge >= 0.3 is 0 Å². The first-order valence-corrected chi connectivity index (χ1v) is 8.58. The maximum absolute atomic E-state index is 13.5. The molecule has 0 radical (unpaired) electrons. The van der Waals surface area contributed by atoms with E-state index in [1.165, 1.54) is 31.7 Å². The predicted octanol–water partition coefficient (Wildman–Crippen LogP) is 3.70. The topological polar surface area (TPSA) is 76.7 Å². The molecule has 1 aromatic carbocycles. The molecule has 1 heterocycles. The van der Waals surface area contributed by atoms with Crippen LogP contribution in [-0.4, -0.2) is 21.0 Å². The van der Waals surface area contributed by atoms with Gasteiger partial charge < -0.3 is 11.1 Å². The summed E-state index contributed by atoms with van der Waals surface area (Å²) in [4.78, 5) is 12.2. The van der Waals surface area contributed by atoms with Crippen molar-refractivity contribution in [2.45, 2.75) is 51.2 Å². The van der Waals surface area contributed by atoms with Gasteiger partial charge in [0, 0.05) is 6.04 Å². The van der Waals surface area contributed by atoms with E-state index in [4.69, 9.17) is 5.73 Å². The molecule has 0 amide bonds. The van der Waals surface area contributed by atoms with Gasteiger partial charge in [-0.3, -0.25) is 0 Å². The number of benzene rings is 1. The molecule has 24 heavy (non-hydrogen) atoms. The predicted molar refractivity (Wildman–Crippen MR) is 93.3 cm³/mol. The van der Waals surface area contributed by atoms with Crippen LogP contribution >= 0.6 is 0 Å². The first kappa shape index (κ1) is 16.6. The lowest BCUT2D eigenvalue weighted by molar-refractivity contribution is 0.265. The lowest BCUT2D eigenvalue weighted by Gasteiger charge is -2.34. The lowest BCUT2D eigenvalue weighted by Crippen LogP contribution is -2.35. The van der Waals surface area contributed by atoms with Crippen LogP contribution in [-0.2, 0) is 6.42 Å². The van der Waals surface area contributed by atoms with Crippen molar-refractivity contribution in [2.24, 2.45) is 5.92 Å². The van der Waals surface area contributed by atoms with E-state index >= 15 is 0 Å². The maximum Gasteiger partial charge on any atom is 0.228 e. The first-order valence-electron chi connectivity index (χ1n) is 8.58. The van der Waals surface area contributed by atoms with Crippen LogP contribution in [0.4, 0.5) is 16.3 Å². The molecule has 0 unspecified atom stereocenters. The number of halogens is 1. The largest absolute Gasteiger partial charge is 0.368 e. The molecule has 6 heteroatoms. The van der Waals surface area contributed by atoms with Crippen LogP contribution in [0.25, 0.3) is 0 Å². The molecule has 3 N–H and O–H groups in total. The van der Waals surface area contributed by atoms with Crippen molar-refractivity contribution >= 4 is 11.9 Å². The molecule has 1 fully saturated rings. The number of aryl methyl sites for hydroxylation is 1. The number of nitrogen functional groups attached to an aromatic ring is 1. The number of nitrogens with one attached hydrogen (secondary N) is 1. The number of alkyl halides is 1. The summed E-state index contributed by atoms with van der Waals surface area (Å²) in [5, 5.41) is 3.38. The highest BCUT2D eigenvalue weighted by Crippen LogP contribution is 2.33. The third-order valence-corrected chi connectivity index (χ3v) is 4.65. The second-order valence-electron chi connectivity index (χ2n) is 6.46. The Morgan fingerprint density at radius 3 is 2.58 bits per heavy atom. The molecule has 2 aromatic rings. The van der Waals surface area contributed by atoms with Crippen molar-refractivity contribution in [1.82, 2.24) is 15.0 Å². The third-order valence-electron chi connectivity index (χ3n) is 4.65. The van der Waals surface area contributed by atoms with Gasteiger partial charge in [0.15, 0.2) is 12.0 Å². The molecule has 128 valence electrons. The molecule has 2 atom stereocenters. The van der Waals surface area contributed by atoms with Crippen LogP contribution in [0.15, 0.2) is 30.3 Å². The lowest BCUT2D eigenvalue weighted by atomic mass is 9.78. The molecular formula is C18H24FN5. The van der Waals surface area contributed by atoms with E-state index in [0.29, 0.717) is 11.9 Å². The molecule has 1 aromatic heterocycles. The highest BCUT2D eigenvalue weighted by atomic mass is 19.1. The quantitative estimate of drug-likeness (QED) is 0.810. The zero-order valence-electron chi connectivity index (χ0n) is 14.0. The molecule has 0 spiro atoms. The van der Waals surface area contributed by atoms with Crippen molar-refractivity contribution < 1.29 is 4.39 Å². The Bertz CT molecular complexity index is 658. The molecule has 1 saturated carbocycles. The van der Waals surface area contributed by atoms with Gasteiger partial charge in [-0.25, -0.2) is 4.39 Å². The van der Waals surface area contributed by atoms with Gasteiger partial charge in [0.1, 0.15) is 0 Å². The summed E-state index contributed by atoms with van der Waals surface area (Å²) in [6.07, 6.45) is 4.39. The second kappa shape index (κ2) is 7.55. The molecule has 3 rings (SSSR count). The Balaban J connectivity index is 1.70. The summed E-state index contributed by atoms with van der Waals surface area (Å²) < 4.78 is 13.5. The molecule has 5 nitrogen and oxygen atoms in total. The van der Waals surface area contributed by atoms with Gasteiger partial charge in [-0.05, 0) is 44.1 Å². The fourth-order valence-corrected chi connectivity index (χ4v) is 3.05. The summed E-state index contributed by atoms with van der Waals surface area (Å²) in [6, 6.07) is 10.7. The monoisotopic (exact) mass is 329 g/mol. The van der Waals surface area contributed by atoms with Crippen LogP contribution in [0, 0.1) is 5.92 Å². The SMILES string of the molecule is C[C@H](F)c1nc(N)nc(N[C@@H](CCc2ccccc2)C2CCC2)n1. The van der Waals surface area contributed by atoms with Gasteiger partial charge in [0.25, 0.3) is 0 Å². The molecule has 1 aliphatic rings. The Kier molecular flexibility index (Phi) is 5.23. The van der Waals surface area contributed by atoms with E-state index in [1.54, 1.807) is 0 Å². The van der Waals surface area contributed by atoms with Crippen LogP contribution in [0.3, 0.4) is 0 Å². The normalized spacial score (nSPS) is 17.1. The Morgan fingerprint density at radius 1 is 1.21 bits per heavy atom. The van der Waals surface area contributed by atoms with Crippen molar-refractivity contribution in [3.05, 3.63) is 41.7 Å². The summed E-state index contributed by atoms with van der Waals surface area (Å²) in [6.45, 7) is 1.40. The number of nitrogens with two attached hydrogens (primary N) is 1. The molecule has 0 bridgehead atoms. The van der Waals surface area contributed by atoms with E-state index in [0.717, 1.165) is 12.8 Å². The highest BCUT2D eigenvalue weighted by molar-refractivity contribution is 5.33. The van der Waals surface area contributed by atoms with E-state index in [1.807, 2.05) is 6.07 Å². The molecule has 0 saturated heterocycles. The Labute approximate surface area is 141 Å². The third kappa shape index (κ3) is 4.19. The minimum atomic E-state index is -1.26. The zero-order chi connectivity index (χ0) is 16.9. The van der Waals surface area contributed by atoms with E-state index < -0.39 is 6.17 Å². The standard InChI is InChI=1S/C18H24FN5/c1-12(19)16-22-17(20)24-18(23-16)21-15(14-8-5-9-14)11-10-13-6-3-2-4-7-13/h2-4,6-7,12,14-15H,5,8-11H2,1H3,(H3,20,21,22,23,24)/t12-,15-/m0/s1. The number of nitrogens with zero attached hydrogens (tertiary/aromatic N) is 3.